The number of carboxylic acids is 1. The first-order valence-corrected chi connectivity index (χ1v) is 4.69. The normalized spacial score (nSPS) is 34.6. The topological polar surface area (TPSA) is 37.3 Å². The average molecular weight is 170 g/mol. The van der Waals surface area contributed by atoms with Gasteiger partial charge < -0.3 is 5.11 Å². The largest absolute Gasteiger partial charge is 0.481 e. The SMILES string of the molecule is C[C@@H]1CCC[C@H](C(=O)O)C1(C)C. The number of carboxylic acid groups (broad SMARTS) is 1. The van der Waals surface area contributed by atoms with Crippen LogP contribution >= 0.6 is 0 Å². The maximum Gasteiger partial charge on any atom is 0.307 e. The highest BCUT2D eigenvalue weighted by atomic mass is 16.4. The van der Waals surface area contributed by atoms with E-state index >= 15 is 0 Å². The number of rotatable bonds is 1. The van der Waals surface area contributed by atoms with Crippen molar-refractivity contribution >= 4 is 5.97 Å². The first-order valence-electron chi connectivity index (χ1n) is 4.69. The van der Waals surface area contributed by atoms with Gasteiger partial charge in [-0.15, -0.1) is 0 Å². The Hall–Kier alpha value is -0.530. The Labute approximate surface area is 74.0 Å². The molecule has 0 heterocycles. The van der Waals surface area contributed by atoms with Crippen LogP contribution in [0, 0.1) is 17.3 Å². The minimum Gasteiger partial charge on any atom is -0.481 e. The van der Waals surface area contributed by atoms with Gasteiger partial charge in [-0.05, 0) is 17.8 Å². The van der Waals surface area contributed by atoms with Gasteiger partial charge in [0.2, 0.25) is 0 Å². The molecule has 70 valence electrons. The van der Waals surface area contributed by atoms with Crippen LogP contribution < -0.4 is 0 Å². The summed E-state index contributed by atoms with van der Waals surface area (Å²) < 4.78 is 0. The van der Waals surface area contributed by atoms with Crippen LogP contribution in [0.25, 0.3) is 0 Å². The van der Waals surface area contributed by atoms with E-state index in [4.69, 9.17) is 5.11 Å². The van der Waals surface area contributed by atoms with Crippen molar-refractivity contribution < 1.29 is 9.90 Å². The Balaban J connectivity index is 2.79. The zero-order valence-electron chi connectivity index (χ0n) is 8.13. The molecule has 2 heteroatoms. The maximum atomic E-state index is 10.9. The fourth-order valence-electron chi connectivity index (χ4n) is 2.16. The summed E-state index contributed by atoms with van der Waals surface area (Å²) in [6.07, 6.45) is 3.10. The smallest absolute Gasteiger partial charge is 0.307 e. The van der Waals surface area contributed by atoms with Gasteiger partial charge >= 0.3 is 5.97 Å². The molecule has 1 rings (SSSR count). The van der Waals surface area contributed by atoms with E-state index in [0.29, 0.717) is 5.92 Å². The first kappa shape index (κ1) is 9.56. The minimum absolute atomic E-state index is 0.0237. The van der Waals surface area contributed by atoms with Crippen LogP contribution in [0.5, 0.6) is 0 Å². The Kier molecular flexibility index (Phi) is 2.45. The zero-order valence-corrected chi connectivity index (χ0v) is 8.13. The summed E-state index contributed by atoms with van der Waals surface area (Å²) in [5.74, 6) is -0.222. The summed E-state index contributed by atoms with van der Waals surface area (Å²) >= 11 is 0. The summed E-state index contributed by atoms with van der Waals surface area (Å²) in [6.45, 7) is 6.32. The fraction of sp³-hybridized carbons (Fsp3) is 0.900. The van der Waals surface area contributed by atoms with E-state index in [9.17, 15) is 4.79 Å². The summed E-state index contributed by atoms with van der Waals surface area (Å²) in [4.78, 5) is 10.9. The lowest BCUT2D eigenvalue weighted by Crippen LogP contribution is -2.39. The molecule has 1 N–H and O–H groups in total. The third-order valence-corrected chi connectivity index (χ3v) is 3.60. The minimum atomic E-state index is -0.619. The molecular formula is C10H18O2. The monoisotopic (exact) mass is 170 g/mol. The molecule has 1 aliphatic rings. The third kappa shape index (κ3) is 1.47. The number of carbonyl (C=O) groups is 1. The molecule has 0 aromatic carbocycles. The van der Waals surface area contributed by atoms with Crippen molar-refractivity contribution in [1.82, 2.24) is 0 Å². The maximum absolute atomic E-state index is 10.9. The van der Waals surface area contributed by atoms with E-state index in [-0.39, 0.29) is 11.3 Å². The van der Waals surface area contributed by atoms with Crippen molar-refractivity contribution in [1.29, 1.82) is 0 Å². The molecule has 1 aliphatic carbocycles. The van der Waals surface area contributed by atoms with Crippen LogP contribution in [-0.4, -0.2) is 11.1 Å². The molecule has 0 bridgehead atoms. The lowest BCUT2D eigenvalue weighted by molar-refractivity contribution is -0.149. The summed E-state index contributed by atoms with van der Waals surface area (Å²) in [7, 11) is 0. The Morgan fingerprint density at radius 2 is 2.00 bits per heavy atom. The Bertz CT molecular complexity index is 184. The first-order chi connectivity index (χ1) is 5.46. The van der Waals surface area contributed by atoms with Crippen molar-refractivity contribution in [3.8, 4) is 0 Å². The molecule has 0 amide bonds. The molecule has 0 spiro atoms. The van der Waals surface area contributed by atoms with E-state index in [1.165, 1.54) is 6.42 Å². The lowest BCUT2D eigenvalue weighted by atomic mass is 9.63. The third-order valence-electron chi connectivity index (χ3n) is 3.60. The fourth-order valence-corrected chi connectivity index (χ4v) is 2.16. The molecule has 2 atom stereocenters. The average Bonchev–Trinajstić information content (AvgIpc) is 1.94. The van der Waals surface area contributed by atoms with Crippen molar-refractivity contribution in [2.75, 3.05) is 0 Å². The summed E-state index contributed by atoms with van der Waals surface area (Å²) in [6, 6.07) is 0. The van der Waals surface area contributed by atoms with Crippen LogP contribution in [0.1, 0.15) is 40.0 Å². The molecule has 0 saturated heterocycles. The van der Waals surface area contributed by atoms with E-state index in [1.807, 2.05) is 0 Å². The van der Waals surface area contributed by atoms with E-state index in [0.717, 1.165) is 12.8 Å². The molecule has 0 unspecified atom stereocenters. The molecule has 0 aromatic rings. The van der Waals surface area contributed by atoms with Gasteiger partial charge in [-0.1, -0.05) is 33.6 Å². The van der Waals surface area contributed by atoms with Crippen molar-refractivity contribution in [3.05, 3.63) is 0 Å². The Morgan fingerprint density at radius 3 is 2.42 bits per heavy atom. The number of aliphatic carboxylic acids is 1. The van der Waals surface area contributed by atoms with Crippen LogP contribution in [0.3, 0.4) is 0 Å². The van der Waals surface area contributed by atoms with Crippen molar-refractivity contribution in [3.63, 3.8) is 0 Å². The van der Waals surface area contributed by atoms with Crippen molar-refractivity contribution in [2.24, 2.45) is 17.3 Å². The molecule has 0 aromatic heterocycles. The van der Waals surface area contributed by atoms with Gasteiger partial charge in [0.05, 0.1) is 5.92 Å². The van der Waals surface area contributed by atoms with Gasteiger partial charge in [-0.3, -0.25) is 4.79 Å². The van der Waals surface area contributed by atoms with Crippen molar-refractivity contribution in [2.45, 2.75) is 40.0 Å². The second kappa shape index (κ2) is 3.08. The molecule has 1 saturated carbocycles. The predicted octanol–water partition coefficient (Wildman–Crippen LogP) is 2.53. The van der Waals surface area contributed by atoms with Gasteiger partial charge in [0, 0.05) is 0 Å². The molecule has 0 aliphatic heterocycles. The second-order valence-corrected chi connectivity index (χ2v) is 4.54. The number of hydrogen-bond donors (Lipinski definition) is 1. The molecule has 12 heavy (non-hydrogen) atoms. The standard InChI is InChI=1S/C10H18O2/c1-7-5-4-6-8(9(11)12)10(7,2)3/h7-8H,4-6H2,1-3H3,(H,11,12)/t7-,8-/m1/s1. The van der Waals surface area contributed by atoms with Gasteiger partial charge in [0.25, 0.3) is 0 Å². The number of hydrogen-bond acceptors (Lipinski definition) is 1. The molecule has 2 nitrogen and oxygen atoms in total. The molecule has 1 fully saturated rings. The van der Waals surface area contributed by atoms with E-state index < -0.39 is 5.97 Å². The van der Waals surface area contributed by atoms with E-state index in [2.05, 4.69) is 20.8 Å². The highest BCUT2D eigenvalue weighted by Gasteiger charge is 2.41. The van der Waals surface area contributed by atoms with Crippen LogP contribution in [0.15, 0.2) is 0 Å². The Morgan fingerprint density at radius 1 is 1.42 bits per heavy atom. The zero-order chi connectivity index (χ0) is 9.35. The predicted molar refractivity (Wildman–Crippen MR) is 47.9 cm³/mol. The highest BCUT2D eigenvalue weighted by Crippen LogP contribution is 2.44. The highest BCUT2D eigenvalue weighted by molar-refractivity contribution is 5.71. The van der Waals surface area contributed by atoms with Crippen LogP contribution in [0.2, 0.25) is 0 Å². The molecular weight excluding hydrogens is 152 g/mol. The quantitative estimate of drug-likeness (QED) is 0.656. The van der Waals surface area contributed by atoms with Crippen LogP contribution in [-0.2, 0) is 4.79 Å². The second-order valence-electron chi connectivity index (χ2n) is 4.54. The van der Waals surface area contributed by atoms with Crippen LogP contribution in [0.4, 0.5) is 0 Å². The van der Waals surface area contributed by atoms with Gasteiger partial charge in [0.1, 0.15) is 0 Å². The van der Waals surface area contributed by atoms with Gasteiger partial charge in [-0.25, -0.2) is 0 Å². The van der Waals surface area contributed by atoms with Gasteiger partial charge in [-0.2, -0.15) is 0 Å². The van der Waals surface area contributed by atoms with Gasteiger partial charge in [0.15, 0.2) is 0 Å². The lowest BCUT2D eigenvalue weighted by Gasteiger charge is -2.41. The summed E-state index contributed by atoms with van der Waals surface area (Å²) in [5.41, 5.74) is -0.0237. The molecule has 0 radical (unpaired) electrons. The van der Waals surface area contributed by atoms with E-state index in [1.54, 1.807) is 0 Å². The summed E-state index contributed by atoms with van der Waals surface area (Å²) in [5, 5.41) is 8.99.